The van der Waals surface area contributed by atoms with Gasteiger partial charge in [-0.05, 0) is 107 Å². The second kappa shape index (κ2) is 22.8. The Morgan fingerprint density at radius 3 is 1.32 bits per heavy atom. The normalized spacial score (nSPS) is 15.0. The van der Waals surface area contributed by atoms with Crippen LogP contribution < -0.4 is 69.2 Å². The molecule has 0 bridgehead atoms. The van der Waals surface area contributed by atoms with E-state index in [1.165, 1.54) is 95.7 Å². The first kappa shape index (κ1) is 47.4. The Morgan fingerprint density at radius 2 is 0.906 bits per heavy atom. The topological polar surface area (TPSA) is 0 Å². The number of thiophene rings is 2. The van der Waals surface area contributed by atoms with Gasteiger partial charge < -0.3 is 48.0 Å². The van der Waals surface area contributed by atoms with Crippen molar-refractivity contribution in [3.05, 3.63) is 116 Å². The van der Waals surface area contributed by atoms with Crippen LogP contribution in [0.4, 0.5) is 0 Å². The zero-order chi connectivity index (χ0) is 35.2. The van der Waals surface area contributed by atoms with Gasteiger partial charge in [-0.15, -0.1) is 22.7 Å². The van der Waals surface area contributed by atoms with Crippen LogP contribution in [0.25, 0.3) is 11.1 Å². The van der Waals surface area contributed by atoms with Crippen LogP contribution in [-0.2, 0) is 19.5 Å². The average molecular weight is 1090 g/mol. The van der Waals surface area contributed by atoms with E-state index in [4.69, 9.17) is 0 Å². The molecule has 2 heterocycles. The molecule has 2 aromatic heterocycles. The van der Waals surface area contributed by atoms with Gasteiger partial charge in [0, 0.05) is 55.4 Å². The minimum Gasteiger partial charge on any atom is -1.00 e. The van der Waals surface area contributed by atoms with E-state index in [1.54, 1.807) is 26.2 Å². The summed E-state index contributed by atoms with van der Waals surface area (Å²) in [6, 6.07) is 31.5. The smallest absolute Gasteiger partial charge is 0.0107 e. The van der Waals surface area contributed by atoms with Gasteiger partial charge in [0.15, 0.2) is 0 Å². The molecule has 2 fully saturated rings. The van der Waals surface area contributed by atoms with Crippen molar-refractivity contribution in [3.63, 3.8) is 0 Å². The van der Waals surface area contributed by atoms with Crippen LogP contribution in [0.5, 0.6) is 0 Å². The number of halogens is 2. The van der Waals surface area contributed by atoms with Gasteiger partial charge in [0.05, 0.1) is 0 Å². The van der Waals surface area contributed by atoms with Crippen molar-refractivity contribution in [1.82, 2.24) is 0 Å². The van der Waals surface area contributed by atoms with Crippen LogP contribution in [-0.4, -0.2) is 11.3 Å². The fourth-order valence-corrected chi connectivity index (χ4v) is 18.0. The van der Waals surface area contributed by atoms with Crippen molar-refractivity contribution in [1.29, 1.82) is 0 Å². The van der Waals surface area contributed by atoms with Crippen molar-refractivity contribution in [2.75, 3.05) is 0 Å². The van der Waals surface area contributed by atoms with Crippen LogP contribution in [0.15, 0.2) is 84.9 Å². The molecule has 0 spiro atoms. The summed E-state index contributed by atoms with van der Waals surface area (Å²) >= 11 is 4.15. The first-order valence-electron chi connectivity index (χ1n) is 19.2. The first-order valence-corrected chi connectivity index (χ1v) is 23.7. The Labute approximate surface area is 379 Å². The second-order valence-electron chi connectivity index (χ2n) is 14.9. The summed E-state index contributed by atoms with van der Waals surface area (Å²) in [4.78, 5) is 6.23. The summed E-state index contributed by atoms with van der Waals surface area (Å²) in [6.45, 7) is 16.3. The summed E-state index contributed by atoms with van der Waals surface area (Å²) < 4.78 is 0. The molecule has 0 saturated heterocycles. The maximum absolute atomic E-state index is 2.48. The van der Waals surface area contributed by atoms with Gasteiger partial charge in [0.1, 0.15) is 0 Å². The van der Waals surface area contributed by atoms with Crippen molar-refractivity contribution < 1.29 is 67.4 Å². The average Bonchev–Trinajstić information content (AvgIpc) is 3.58. The maximum Gasteiger partial charge on any atom is 0.0107 e. The third-order valence-electron chi connectivity index (χ3n) is 10.9. The zero-order valence-electron chi connectivity index (χ0n) is 32.7. The van der Waals surface area contributed by atoms with E-state index < -0.39 is 7.92 Å². The fourth-order valence-electron chi connectivity index (χ4n) is 8.41. The van der Waals surface area contributed by atoms with Crippen LogP contribution in [0.2, 0.25) is 0 Å². The Bertz CT molecular complexity index is 1750. The summed E-state index contributed by atoms with van der Waals surface area (Å²) in [5, 5.41) is 6.39. The third-order valence-corrected chi connectivity index (χ3v) is 19.6. The molecule has 2 aliphatic rings. The molecule has 0 aliphatic heterocycles. The van der Waals surface area contributed by atoms with E-state index in [9.17, 15) is 0 Å². The predicted octanol–water partition coefficient (Wildman–Crippen LogP) is 7.37. The van der Waals surface area contributed by atoms with Gasteiger partial charge >= 0.3 is 0 Å². The van der Waals surface area contributed by atoms with E-state index in [-0.39, 0.29) is 75.4 Å². The monoisotopic (exact) mass is 1090 g/mol. The van der Waals surface area contributed by atoms with Crippen LogP contribution in [0.1, 0.15) is 115 Å². The summed E-state index contributed by atoms with van der Waals surface area (Å²) in [5.74, 6) is 0.653. The van der Waals surface area contributed by atoms with Crippen molar-refractivity contribution in [2.24, 2.45) is 0 Å². The maximum atomic E-state index is 2.48. The Hall–Kier alpha value is 0.00338. The molecule has 2 saturated carbocycles. The molecule has 0 radical (unpaired) electrons. The largest absolute Gasteiger partial charge is 1.00 e. The molecule has 3 aromatic carbocycles. The number of rotatable bonds is 8. The predicted molar refractivity (Wildman–Crippen MR) is 231 cm³/mol. The molecule has 0 nitrogen and oxygen atoms in total. The standard InChI is InChI=1S/C36H44P2S2.C10H14.2HI.Ru/c1-25-33(35(27(3)39-25)37(29-17-9-5-10-18-29)30-19-11-6-12-20-30)34-26(2)40-28(4)36(34)38(31-21-13-7-14-22-31)32-23-15-8-16-24-32;1-8(2)10-6-4-9(3)5-7-10;;;/h5-6,9-12,17-20,31-32H,7-8,13-16,21-24H2,1-4H3;4-8H,1-3H3;2*1H;/p-2. The Balaban J connectivity index is 0.000000508. The molecule has 7 rings (SSSR count). The van der Waals surface area contributed by atoms with Crippen molar-refractivity contribution in [3.8, 4) is 11.1 Å². The van der Waals surface area contributed by atoms with Gasteiger partial charge in [0.25, 0.3) is 0 Å². The van der Waals surface area contributed by atoms with Crippen molar-refractivity contribution in [2.45, 2.75) is 130 Å². The van der Waals surface area contributed by atoms with E-state index in [2.05, 4.69) is 145 Å². The summed E-state index contributed by atoms with van der Waals surface area (Å²) in [6.07, 6.45) is 14.5. The van der Waals surface area contributed by atoms with Crippen LogP contribution >= 0.6 is 38.5 Å². The number of benzene rings is 3. The molecule has 288 valence electrons. The summed E-state index contributed by atoms with van der Waals surface area (Å²) in [5.41, 5.74) is 7.88. The molecular weight excluding hydrogens is 1030 g/mol. The molecule has 0 N–H and O–H groups in total. The third kappa shape index (κ3) is 11.6. The van der Waals surface area contributed by atoms with E-state index in [1.807, 2.05) is 16.6 Å². The van der Waals surface area contributed by atoms with Gasteiger partial charge in [0.2, 0.25) is 0 Å². The van der Waals surface area contributed by atoms with E-state index in [0.29, 0.717) is 5.92 Å². The first-order chi connectivity index (χ1) is 24.2. The van der Waals surface area contributed by atoms with Crippen molar-refractivity contribution >= 4 is 59.7 Å². The SMILES string of the molecule is Cc1ccc(C(C)C)cc1.Cc1sc(C)c(P(c2ccccc2)c2ccccc2)c1-c1c(C)sc(C)c1P(C1CCCCC1)C1CCCCC1.[I-].[I-].[Ru]. The summed E-state index contributed by atoms with van der Waals surface area (Å²) in [7, 11) is -0.789. The van der Waals surface area contributed by atoms with Gasteiger partial charge in [-0.2, -0.15) is 0 Å². The number of hydrogen-bond acceptors (Lipinski definition) is 2. The molecule has 53 heavy (non-hydrogen) atoms. The van der Waals surface area contributed by atoms with E-state index >= 15 is 0 Å². The minimum absolute atomic E-state index is 0. The molecule has 7 heteroatoms. The molecular formula is C46H58I2P2RuS2-2. The van der Waals surface area contributed by atoms with Gasteiger partial charge in [-0.25, -0.2) is 0 Å². The molecule has 2 aliphatic carbocycles. The number of hydrogen-bond donors (Lipinski definition) is 0. The minimum atomic E-state index is -0.632. The van der Waals surface area contributed by atoms with Crippen LogP contribution in [0, 0.1) is 34.6 Å². The van der Waals surface area contributed by atoms with Gasteiger partial charge in [-0.1, -0.05) is 151 Å². The zero-order valence-corrected chi connectivity index (χ0v) is 42.2. The van der Waals surface area contributed by atoms with Crippen LogP contribution in [0.3, 0.4) is 0 Å². The molecule has 5 aromatic rings. The quantitative estimate of drug-likeness (QED) is 0.0867. The molecule has 0 amide bonds. The number of aryl methyl sites for hydroxylation is 5. The second-order valence-corrected chi connectivity index (χ2v) is 22.7. The Morgan fingerprint density at radius 1 is 0.509 bits per heavy atom. The van der Waals surface area contributed by atoms with Gasteiger partial charge in [-0.3, -0.25) is 0 Å². The van der Waals surface area contributed by atoms with E-state index in [0.717, 1.165) is 11.3 Å². The Kier molecular flexibility index (Phi) is 20.4. The fraction of sp³-hybridized carbons (Fsp3) is 0.435. The molecule has 0 atom stereocenters. The molecule has 0 unspecified atom stereocenters.